The molecule has 7 heteroatoms. The number of hydrogen-bond donors (Lipinski definition) is 3. The van der Waals surface area contributed by atoms with Crippen molar-refractivity contribution in [3.63, 3.8) is 0 Å². The number of thiazole rings is 1. The van der Waals surface area contributed by atoms with Gasteiger partial charge in [-0.1, -0.05) is 13.3 Å². The van der Waals surface area contributed by atoms with Crippen LogP contribution >= 0.6 is 35.3 Å². The van der Waals surface area contributed by atoms with Crippen LogP contribution in [0.5, 0.6) is 0 Å². The van der Waals surface area contributed by atoms with Gasteiger partial charge in [-0.2, -0.15) is 0 Å². The average Bonchev–Trinajstić information content (AvgIpc) is 3.06. The Hall–Kier alpha value is -0.410. The summed E-state index contributed by atoms with van der Waals surface area (Å²) >= 11 is 1.92. The van der Waals surface area contributed by atoms with Gasteiger partial charge in [0.1, 0.15) is 0 Å². The zero-order valence-electron chi connectivity index (χ0n) is 16.9. The van der Waals surface area contributed by atoms with Gasteiger partial charge in [0.2, 0.25) is 0 Å². The van der Waals surface area contributed by atoms with Crippen LogP contribution in [0, 0.1) is 5.92 Å². The number of halogens is 1. The van der Waals surface area contributed by atoms with Gasteiger partial charge in [0, 0.05) is 37.5 Å². The molecule has 1 aliphatic carbocycles. The topological polar surface area (TPSA) is 69.5 Å². The average molecular weight is 509 g/mol. The Morgan fingerprint density at radius 1 is 1.22 bits per heavy atom. The molecule has 0 amide bonds. The molecular weight excluding hydrogens is 471 g/mol. The number of hydrogen-bond acceptors (Lipinski definition) is 4. The molecule has 0 radical (unpaired) electrons. The Kier molecular flexibility index (Phi) is 13.3. The van der Waals surface area contributed by atoms with Crippen molar-refractivity contribution in [3.05, 3.63) is 15.6 Å². The van der Waals surface area contributed by atoms with E-state index in [1.165, 1.54) is 41.3 Å². The van der Waals surface area contributed by atoms with Gasteiger partial charge < -0.3 is 15.7 Å². The summed E-state index contributed by atoms with van der Waals surface area (Å²) in [7, 11) is 0. The first kappa shape index (κ1) is 24.6. The quantitative estimate of drug-likeness (QED) is 0.183. The molecule has 2 rings (SSSR count). The van der Waals surface area contributed by atoms with Crippen molar-refractivity contribution in [3.8, 4) is 0 Å². The van der Waals surface area contributed by atoms with Crippen molar-refractivity contribution in [2.75, 3.05) is 26.2 Å². The maximum Gasteiger partial charge on any atom is 0.191 e. The van der Waals surface area contributed by atoms with Crippen molar-refractivity contribution < 1.29 is 5.11 Å². The molecule has 156 valence electrons. The highest BCUT2D eigenvalue weighted by Gasteiger charge is 2.14. The molecular formula is C20H37IN4OS. The fraction of sp³-hybridized carbons (Fsp3) is 0.800. The summed E-state index contributed by atoms with van der Waals surface area (Å²) in [4.78, 5) is 11.1. The van der Waals surface area contributed by atoms with E-state index >= 15 is 0 Å². The van der Waals surface area contributed by atoms with Crippen molar-refractivity contribution >= 4 is 41.3 Å². The van der Waals surface area contributed by atoms with Gasteiger partial charge in [0.15, 0.2) is 5.96 Å². The molecule has 1 heterocycles. The summed E-state index contributed by atoms with van der Waals surface area (Å²) < 4.78 is 0. The molecule has 1 aromatic rings. The molecule has 0 bridgehead atoms. The first-order valence-electron chi connectivity index (χ1n) is 10.4. The maximum absolute atomic E-state index is 9.19. The van der Waals surface area contributed by atoms with E-state index in [0.717, 1.165) is 57.7 Å². The summed E-state index contributed by atoms with van der Waals surface area (Å²) in [5, 5.41) is 17.3. The number of aliphatic hydroxyl groups excluding tert-OH is 1. The monoisotopic (exact) mass is 508 g/mol. The molecule has 0 aromatic carbocycles. The largest absolute Gasteiger partial charge is 0.396 e. The van der Waals surface area contributed by atoms with E-state index in [2.05, 4.69) is 24.5 Å². The molecule has 1 unspecified atom stereocenters. The Morgan fingerprint density at radius 3 is 2.74 bits per heavy atom. The summed E-state index contributed by atoms with van der Waals surface area (Å²) in [6.45, 7) is 7.09. The molecule has 3 N–H and O–H groups in total. The van der Waals surface area contributed by atoms with Crippen LogP contribution in [0.15, 0.2) is 4.99 Å². The fourth-order valence-electron chi connectivity index (χ4n) is 3.44. The van der Waals surface area contributed by atoms with E-state index < -0.39 is 0 Å². The Bertz CT molecular complexity index is 521. The van der Waals surface area contributed by atoms with Crippen LogP contribution in [-0.2, 0) is 19.3 Å². The van der Waals surface area contributed by atoms with Crippen molar-refractivity contribution in [2.45, 2.75) is 71.6 Å². The van der Waals surface area contributed by atoms with Crippen LogP contribution in [0.4, 0.5) is 0 Å². The number of nitrogens with one attached hydrogen (secondary N) is 2. The van der Waals surface area contributed by atoms with Crippen molar-refractivity contribution in [1.29, 1.82) is 0 Å². The van der Waals surface area contributed by atoms with Crippen LogP contribution in [0.3, 0.4) is 0 Å². The lowest BCUT2D eigenvalue weighted by Crippen LogP contribution is -2.38. The minimum Gasteiger partial charge on any atom is -0.396 e. The molecule has 1 aromatic heterocycles. The normalized spacial score (nSPS) is 15.0. The van der Waals surface area contributed by atoms with Gasteiger partial charge in [-0.15, -0.1) is 35.3 Å². The first-order chi connectivity index (χ1) is 12.8. The van der Waals surface area contributed by atoms with Crippen LogP contribution in [0.25, 0.3) is 0 Å². The minimum atomic E-state index is 0. The van der Waals surface area contributed by atoms with E-state index in [4.69, 9.17) is 9.98 Å². The number of nitrogens with zero attached hydrogens (tertiary/aromatic N) is 2. The Morgan fingerprint density at radius 2 is 2.04 bits per heavy atom. The summed E-state index contributed by atoms with van der Waals surface area (Å²) in [5.74, 6) is 1.37. The zero-order chi connectivity index (χ0) is 18.6. The lowest BCUT2D eigenvalue weighted by Gasteiger charge is -2.15. The van der Waals surface area contributed by atoms with Gasteiger partial charge in [0.25, 0.3) is 0 Å². The second kappa shape index (κ2) is 14.6. The highest BCUT2D eigenvalue weighted by Crippen LogP contribution is 2.27. The highest BCUT2D eigenvalue weighted by molar-refractivity contribution is 14.0. The molecule has 27 heavy (non-hydrogen) atoms. The minimum absolute atomic E-state index is 0. The number of aliphatic imine (C=N–C) groups is 1. The number of aromatic nitrogens is 1. The zero-order valence-corrected chi connectivity index (χ0v) is 20.1. The second-order valence-electron chi connectivity index (χ2n) is 7.10. The van der Waals surface area contributed by atoms with E-state index in [0.29, 0.717) is 5.92 Å². The standard InChI is InChI=1S/C20H36N4OS.HI/c1-3-8-16(12-14-25)15-23-20(21-4-2)22-13-7-11-19-24-17-9-5-6-10-18(17)26-19;/h16,25H,3-15H2,1-2H3,(H2,21,22,23);1H. The number of aliphatic hydroxyl groups is 1. The molecule has 1 atom stereocenters. The first-order valence-corrected chi connectivity index (χ1v) is 11.2. The molecule has 0 aliphatic heterocycles. The Labute approximate surface area is 185 Å². The Balaban J connectivity index is 0.00000364. The summed E-state index contributed by atoms with van der Waals surface area (Å²) in [6.07, 6.45) is 10.3. The van der Waals surface area contributed by atoms with E-state index in [-0.39, 0.29) is 30.6 Å². The molecule has 0 fully saturated rings. The van der Waals surface area contributed by atoms with Crippen molar-refractivity contribution in [1.82, 2.24) is 15.6 Å². The molecule has 0 saturated heterocycles. The van der Waals surface area contributed by atoms with E-state index in [1.807, 2.05) is 11.3 Å². The maximum atomic E-state index is 9.19. The lowest BCUT2D eigenvalue weighted by molar-refractivity contribution is 0.253. The molecule has 0 spiro atoms. The third-order valence-corrected chi connectivity index (χ3v) is 6.05. The van der Waals surface area contributed by atoms with Gasteiger partial charge in [-0.05, 0) is 57.8 Å². The summed E-state index contributed by atoms with van der Waals surface area (Å²) in [6, 6.07) is 0. The van der Waals surface area contributed by atoms with Gasteiger partial charge in [-0.25, -0.2) is 4.98 Å². The fourth-order valence-corrected chi connectivity index (χ4v) is 4.64. The van der Waals surface area contributed by atoms with E-state index in [1.54, 1.807) is 0 Å². The lowest BCUT2D eigenvalue weighted by atomic mass is 10.0. The summed E-state index contributed by atoms with van der Waals surface area (Å²) in [5.41, 5.74) is 1.37. The SMILES string of the molecule is CCCC(CCO)CN=C(NCC)NCCCc1nc2c(s1)CCCC2.I. The van der Waals surface area contributed by atoms with Crippen LogP contribution in [0.2, 0.25) is 0 Å². The smallest absolute Gasteiger partial charge is 0.191 e. The van der Waals surface area contributed by atoms with Crippen LogP contribution in [-0.4, -0.2) is 42.3 Å². The van der Waals surface area contributed by atoms with Crippen LogP contribution < -0.4 is 10.6 Å². The third-order valence-electron chi connectivity index (χ3n) is 4.84. The van der Waals surface area contributed by atoms with Gasteiger partial charge >= 0.3 is 0 Å². The van der Waals surface area contributed by atoms with Gasteiger partial charge in [0.05, 0.1) is 10.7 Å². The predicted molar refractivity (Wildman–Crippen MR) is 127 cm³/mol. The number of rotatable bonds is 11. The number of aryl methyl sites for hydroxylation is 3. The predicted octanol–water partition coefficient (Wildman–Crippen LogP) is 3.93. The number of fused-ring (bicyclic) bond motifs is 1. The molecule has 5 nitrogen and oxygen atoms in total. The van der Waals surface area contributed by atoms with Gasteiger partial charge in [-0.3, -0.25) is 4.99 Å². The third kappa shape index (κ3) is 9.09. The van der Waals surface area contributed by atoms with Crippen molar-refractivity contribution in [2.24, 2.45) is 10.9 Å². The van der Waals surface area contributed by atoms with Crippen LogP contribution in [0.1, 0.15) is 68.0 Å². The second-order valence-corrected chi connectivity index (χ2v) is 8.27. The molecule has 0 saturated carbocycles. The number of guanidine groups is 1. The molecule has 1 aliphatic rings. The highest BCUT2D eigenvalue weighted by atomic mass is 127. The van der Waals surface area contributed by atoms with E-state index in [9.17, 15) is 5.11 Å².